The number of hydrogen-bond donors (Lipinski definition) is 1. The summed E-state index contributed by atoms with van der Waals surface area (Å²) in [6.45, 7) is 3.85. The molecule has 1 N–H and O–H groups in total. The monoisotopic (exact) mass is 627 g/mol. The predicted octanol–water partition coefficient (Wildman–Crippen LogP) is 7.26. The molecule has 4 aromatic rings. The molecule has 1 saturated heterocycles. The third-order valence-corrected chi connectivity index (χ3v) is 8.30. The van der Waals surface area contributed by atoms with Crippen LogP contribution in [-0.2, 0) is 6.54 Å². The van der Waals surface area contributed by atoms with Crippen molar-refractivity contribution in [3.63, 3.8) is 0 Å². The average Bonchev–Trinajstić information content (AvgIpc) is 3.33. The van der Waals surface area contributed by atoms with Crippen molar-refractivity contribution in [3.05, 3.63) is 99.1 Å². The molecule has 0 unspecified atom stereocenters. The molecule has 41 heavy (non-hydrogen) atoms. The molecule has 2 aromatic heterocycles. The number of carbonyl (C=O) groups excluding carboxylic acids is 1. The number of nitrogens with zero attached hydrogens (tertiary/aromatic N) is 6. The lowest BCUT2D eigenvalue weighted by atomic mass is 9.99. The third kappa shape index (κ3) is 5.58. The number of carbonyl (C=O) groups is 1. The van der Waals surface area contributed by atoms with Crippen LogP contribution in [0.5, 0.6) is 0 Å². The van der Waals surface area contributed by atoms with Crippen LogP contribution in [0.4, 0.5) is 22.0 Å². The molecule has 0 aliphatic carbocycles. The van der Waals surface area contributed by atoms with E-state index in [1.807, 2.05) is 42.5 Å². The fourth-order valence-corrected chi connectivity index (χ4v) is 6.04. The number of imidazole rings is 1. The minimum Gasteiger partial charge on any atom is -0.331 e. The number of halogens is 2. The number of benzene rings is 2. The topological polar surface area (TPSA) is 90.1 Å². The molecule has 0 saturated carbocycles. The number of likely N-dealkylation sites (tertiary alicyclic amines) is 1. The van der Waals surface area contributed by atoms with E-state index in [-0.39, 0.29) is 12.1 Å². The number of urea groups is 1. The first-order valence-electron chi connectivity index (χ1n) is 13.4. The van der Waals surface area contributed by atoms with Crippen LogP contribution in [-0.4, -0.2) is 44.6 Å². The standard InChI is InChI=1S/C31H27BrClN7O/c1-20-35-10-13-39(20)19-23-14-22-15-24(32)18-36-30(22)40(29-7-4-25(33)16-28(23)29)27-8-11-38(12-9-27)31(41)37-26-5-2-21(17-34)3-6-26/h2-7,10,13-16,18,27H,8-9,11-12,19H2,1H3,(H,37,41). The number of rotatable bonds is 4. The maximum atomic E-state index is 13.0. The van der Waals surface area contributed by atoms with Crippen LogP contribution in [0.25, 0.3) is 11.6 Å². The maximum absolute atomic E-state index is 13.0. The number of amides is 2. The van der Waals surface area contributed by atoms with E-state index in [0.29, 0.717) is 35.9 Å². The molecule has 10 heteroatoms. The minimum absolute atomic E-state index is 0.129. The minimum atomic E-state index is -0.140. The lowest BCUT2D eigenvalue weighted by molar-refractivity contribution is 0.195. The molecule has 2 amide bonds. The van der Waals surface area contributed by atoms with Crippen LogP contribution >= 0.6 is 27.5 Å². The summed E-state index contributed by atoms with van der Waals surface area (Å²) in [4.78, 5) is 26.5. The fourth-order valence-electron chi connectivity index (χ4n) is 5.52. The van der Waals surface area contributed by atoms with E-state index in [1.165, 1.54) is 0 Å². The van der Waals surface area contributed by atoms with Gasteiger partial charge < -0.3 is 19.7 Å². The van der Waals surface area contributed by atoms with Crippen LogP contribution in [0.1, 0.15) is 35.4 Å². The molecule has 2 aromatic carbocycles. The van der Waals surface area contributed by atoms with Gasteiger partial charge in [0.1, 0.15) is 11.6 Å². The first kappa shape index (κ1) is 27.1. The van der Waals surface area contributed by atoms with Crippen LogP contribution in [0, 0.1) is 18.3 Å². The van der Waals surface area contributed by atoms with Crippen molar-refractivity contribution < 1.29 is 4.79 Å². The Morgan fingerprint density at radius 3 is 2.63 bits per heavy atom. The highest BCUT2D eigenvalue weighted by Crippen LogP contribution is 2.43. The molecular weight excluding hydrogens is 602 g/mol. The Hall–Kier alpha value is -4.13. The molecule has 1 fully saturated rings. The zero-order chi connectivity index (χ0) is 28.5. The predicted molar refractivity (Wildman–Crippen MR) is 165 cm³/mol. The highest BCUT2D eigenvalue weighted by atomic mass is 79.9. The number of anilines is 3. The summed E-state index contributed by atoms with van der Waals surface area (Å²) >= 11 is 10.2. The molecule has 2 aliphatic rings. The van der Waals surface area contributed by atoms with E-state index in [4.69, 9.17) is 21.8 Å². The molecule has 0 atom stereocenters. The van der Waals surface area contributed by atoms with Gasteiger partial charge in [0, 0.05) is 70.6 Å². The van der Waals surface area contributed by atoms with Crippen LogP contribution in [0.15, 0.2) is 71.6 Å². The normalized spacial score (nSPS) is 14.9. The second-order valence-corrected chi connectivity index (χ2v) is 11.6. The van der Waals surface area contributed by atoms with Crippen molar-refractivity contribution in [2.75, 3.05) is 23.3 Å². The van der Waals surface area contributed by atoms with Gasteiger partial charge in [0.15, 0.2) is 0 Å². The summed E-state index contributed by atoms with van der Waals surface area (Å²) in [7, 11) is 0. The molecule has 0 spiro atoms. The Labute approximate surface area is 252 Å². The van der Waals surface area contributed by atoms with Gasteiger partial charge in [-0.3, -0.25) is 0 Å². The third-order valence-electron chi connectivity index (χ3n) is 7.63. The van der Waals surface area contributed by atoms with Gasteiger partial charge in [0.05, 0.1) is 17.3 Å². The largest absolute Gasteiger partial charge is 0.331 e. The second kappa shape index (κ2) is 11.4. The van der Waals surface area contributed by atoms with Crippen molar-refractivity contribution in [2.24, 2.45) is 0 Å². The first-order valence-corrected chi connectivity index (χ1v) is 14.6. The lowest BCUT2D eigenvalue weighted by Gasteiger charge is -2.40. The van der Waals surface area contributed by atoms with Gasteiger partial charge in [-0.1, -0.05) is 11.6 Å². The SMILES string of the molecule is Cc1nccn1CC1=Cc2cc(Br)cnc2N(C2CCN(C(=O)Nc3ccc(C#N)cc3)CC2)c2ccc(Cl)cc21. The molecule has 4 heterocycles. The summed E-state index contributed by atoms with van der Waals surface area (Å²) < 4.78 is 3.03. The van der Waals surface area contributed by atoms with E-state index in [1.54, 1.807) is 24.3 Å². The van der Waals surface area contributed by atoms with E-state index in [9.17, 15) is 4.79 Å². The van der Waals surface area contributed by atoms with Gasteiger partial charge in [-0.2, -0.15) is 5.26 Å². The molecule has 0 bridgehead atoms. The highest BCUT2D eigenvalue weighted by Gasteiger charge is 2.33. The summed E-state index contributed by atoms with van der Waals surface area (Å²) in [5.41, 5.74) is 5.46. The number of pyridine rings is 1. The molecule has 2 aliphatic heterocycles. The van der Waals surface area contributed by atoms with Gasteiger partial charge in [0.25, 0.3) is 0 Å². The van der Waals surface area contributed by atoms with Crippen LogP contribution in [0.2, 0.25) is 5.02 Å². The average molecular weight is 629 g/mol. The Kier molecular flexibility index (Phi) is 7.52. The summed E-state index contributed by atoms with van der Waals surface area (Å²) in [6.07, 6.45) is 9.38. The molecule has 6 rings (SSSR count). The van der Waals surface area contributed by atoms with E-state index < -0.39 is 0 Å². The van der Waals surface area contributed by atoms with Crippen molar-refractivity contribution in [1.29, 1.82) is 5.26 Å². The quantitative estimate of drug-likeness (QED) is 0.257. The number of piperidine rings is 1. The van der Waals surface area contributed by atoms with Gasteiger partial charge in [-0.05, 0) is 95.9 Å². The van der Waals surface area contributed by atoms with Crippen molar-refractivity contribution in [3.8, 4) is 6.07 Å². The second-order valence-electron chi connectivity index (χ2n) is 10.2. The fraction of sp³-hybridized carbons (Fsp3) is 0.226. The molecule has 0 radical (unpaired) electrons. The van der Waals surface area contributed by atoms with E-state index >= 15 is 0 Å². The number of aromatic nitrogens is 3. The van der Waals surface area contributed by atoms with E-state index in [2.05, 4.69) is 60.0 Å². The van der Waals surface area contributed by atoms with Gasteiger partial charge >= 0.3 is 6.03 Å². The molecule has 206 valence electrons. The van der Waals surface area contributed by atoms with Gasteiger partial charge in [-0.25, -0.2) is 14.8 Å². The number of hydrogen-bond acceptors (Lipinski definition) is 5. The van der Waals surface area contributed by atoms with E-state index in [0.717, 1.165) is 51.3 Å². The Bertz CT molecular complexity index is 1680. The van der Waals surface area contributed by atoms with Gasteiger partial charge in [-0.15, -0.1) is 0 Å². The van der Waals surface area contributed by atoms with Crippen molar-refractivity contribution in [2.45, 2.75) is 32.4 Å². The maximum Gasteiger partial charge on any atom is 0.321 e. The Morgan fingerprint density at radius 1 is 1.15 bits per heavy atom. The molecular formula is C31H27BrClN7O. The van der Waals surface area contributed by atoms with Crippen molar-refractivity contribution >= 4 is 62.4 Å². The van der Waals surface area contributed by atoms with Crippen molar-refractivity contribution in [1.82, 2.24) is 19.4 Å². The Morgan fingerprint density at radius 2 is 1.93 bits per heavy atom. The number of fused-ring (bicyclic) bond motifs is 2. The lowest BCUT2D eigenvalue weighted by Crippen LogP contribution is -2.47. The summed E-state index contributed by atoms with van der Waals surface area (Å²) in [5.74, 6) is 1.82. The highest BCUT2D eigenvalue weighted by molar-refractivity contribution is 9.10. The Balaban J connectivity index is 1.29. The van der Waals surface area contributed by atoms with Gasteiger partial charge in [0.2, 0.25) is 0 Å². The van der Waals surface area contributed by atoms with Crippen LogP contribution < -0.4 is 10.2 Å². The first-order chi connectivity index (χ1) is 19.9. The zero-order valence-electron chi connectivity index (χ0n) is 22.4. The number of allylic oxidation sites excluding steroid dienone is 1. The smallest absolute Gasteiger partial charge is 0.321 e. The number of nitrogens with one attached hydrogen (secondary N) is 1. The number of aryl methyl sites for hydroxylation is 1. The number of nitriles is 1. The summed E-state index contributed by atoms with van der Waals surface area (Å²) in [5, 5.41) is 12.7. The molecule has 8 nitrogen and oxygen atoms in total. The van der Waals surface area contributed by atoms with Crippen LogP contribution in [0.3, 0.4) is 0 Å². The zero-order valence-corrected chi connectivity index (χ0v) is 24.7. The summed E-state index contributed by atoms with van der Waals surface area (Å²) in [6, 6.07) is 17.1.